The second-order valence-corrected chi connectivity index (χ2v) is 6.38. The number of carbonyl (C=O) groups excluding carboxylic acids is 2. The second kappa shape index (κ2) is 12.3. The molecule has 0 aliphatic heterocycles. The van der Waals surface area contributed by atoms with E-state index in [0.717, 1.165) is 18.4 Å². The lowest BCUT2D eigenvalue weighted by Crippen LogP contribution is -2.24. The van der Waals surface area contributed by atoms with Crippen molar-refractivity contribution in [3.8, 4) is 11.5 Å². The van der Waals surface area contributed by atoms with E-state index in [9.17, 15) is 14.7 Å². The van der Waals surface area contributed by atoms with Gasteiger partial charge in [0, 0.05) is 12.2 Å². The number of ether oxygens (including phenoxy) is 4. The number of aliphatic hydroxyl groups excluding tert-OH is 1. The molecule has 1 aliphatic carbocycles. The fourth-order valence-corrected chi connectivity index (χ4v) is 2.54. The number of benzene rings is 1. The van der Waals surface area contributed by atoms with Gasteiger partial charge in [0.05, 0.1) is 14.2 Å². The SMILES string of the molecule is COc1ccc(/C=C/C(=O)OCC(O)COC(=O)/C=C/C2=CCCC=C2)cc1OC. The van der Waals surface area contributed by atoms with Gasteiger partial charge >= 0.3 is 11.9 Å². The first kappa shape index (κ1) is 23.0. The molecule has 160 valence electrons. The molecule has 1 atom stereocenters. The largest absolute Gasteiger partial charge is 0.493 e. The monoisotopic (exact) mass is 414 g/mol. The molecule has 0 bridgehead atoms. The van der Waals surface area contributed by atoms with Crippen LogP contribution in [0.3, 0.4) is 0 Å². The number of carbonyl (C=O) groups is 2. The molecular weight excluding hydrogens is 388 g/mol. The van der Waals surface area contributed by atoms with Crippen molar-refractivity contribution in [2.75, 3.05) is 27.4 Å². The van der Waals surface area contributed by atoms with Crippen LogP contribution < -0.4 is 9.47 Å². The second-order valence-electron chi connectivity index (χ2n) is 6.38. The summed E-state index contributed by atoms with van der Waals surface area (Å²) in [5, 5.41) is 9.82. The van der Waals surface area contributed by atoms with Crippen LogP contribution in [0.5, 0.6) is 11.5 Å². The first-order valence-corrected chi connectivity index (χ1v) is 9.48. The lowest BCUT2D eigenvalue weighted by atomic mass is 10.1. The van der Waals surface area contributed by atoms with Crippen LogP contribution in [0.25, 0.3) is 6.08 Å². The fourth-order valence-electron chi connectivity index (χ4n) is 2.54. The van der Waals surface area contributed by atoms with Gasteiger partial charge in [-0.05, 0) is 48.3 Å². The van der Waals surface area contributed by atoms with Crippen LogP contribution in [0.2, 0.25) is 0 Å². The van der Waals surface area contributed by atoms with Gasteiger partial charge in [-0.3, -0.25) is 0 Å². The van der Waals surface area contributed by atoms with Crippen LogP contribution in [-0.4, -0.2) is 50.6 Å². The molecule has 0 amide bonds. The lowest BCUT2D eigenvalue weighted by molar-refractivity contribution is -0.146. The maximum Gasteiger partial charge on any atom is 0.330 e. The third-order valence-corrected chi connectivity index (χ3v) is 4.09. The summed E-state index contributed by atoms with van der Waals surface area (Å²) in [6.45, 7) is -0.565. The molecule has 0 fully saturated rings. The van der Waals surface area contributed by atoms with Gasteiger partial charge in [0.15, 0.2) is 11.5 Å². The molecule has 7 heteroatoms. The zero-order chi connectivity index (χ0) is 21.8. The van der Waals surface area contributed by atoms with Crippen LogP contribution in [0.15, 0.2) is 60.2 Å². The number of esters is 2. The third kappa shape index (κ3) is 7.97. The molecule has 0 heterocycles. The highest BCUT2D eigenvalue weighted by Gasteiger charge is 2.10. The van der Waals surface area contributed by atoms with Crippen molar-refractivity contribution in [3.05, 3.63) is 65.8 Å². The van der Waals surface area contributed by atoms with E-state index >= 15 is 0 Å². The van der Waals surface area contributed by atoms with Crippen molar-refractivity contribution in [3.63, 3.8) is 0 Å². The quantitative estimate of drug-likeness (QED) is 0.465. The minimum Gasteiger partial charge on any atom is -0.493 e. The maximum absolute atomic E-state index is 11.8. The first-order valence-electron chi connectivity index (χ1n) is 9.48. The van der Waals surface area contributed by atoms with Crippen LogP contribution in [0, 0.1) is 0 Å². The third-order valence-electron chi connectivity index (χ3n) is 4.09. The van der Waals surface area contributed by atoms with Gasteiger partial charge in [0.25, 0.3) is 0 Å². The average Bonchev–Trinajstić information content (AvgIpc) is 2.79. The Morgan fingerprint density at radius 3 is 2.27 bits per heavy atom. The molecule has 1 unspecified atom stereocenters. The van der Waals surface area contributed by atoms with Gasteiger partial charge < -0.3 is 24.1 Å². The van der Waals surface area contributed by atoms with Crippen LogP contribution in [-0.2, 0) is 19.1 Å². The van der Waals surface area contributed by atoms with E-state index < -0.39 is 18.0 Å². The van der Waals surface area contributed by atoms with E-state index in [1.807, 2.05) is 18.2 Å². The lowest BCUT2D eigenvalue weighted by Gasteiger charge is -2.10. The Hall–Kier alpha value is -3.32. The van der Waals surface area contributed by atoms with Crippen LogP contribution >= 0.6 is 0 Å². The van der Waals surface area contributed by atoms with Crippen molar-refractivity contribution in [1.82, 2.24) is 0 Å². The molecule has 2 rings (SSSR count). The zero-order valence-electron chi connectivity index (χ0n) is 17.1. The van der Waals surface area contributed by atoms with Crippen molar-refractivity contribution in [1.29, 1.82) is 0 Å². The summed E-state index contributed by atoms with van der Waals surface area (Å²) in [6, 6.07) is 5.19. The summed E-state index contributed by atoms with van der Waals surface area (Å²) in [4.78, 5) is 23.5. The van der Waals surface area contributed by atoms with Gasteiger partial charge in [-0.1, -0.05) is 24.3 Å². The van der Waals surface area contributed by atoms with E-state index in [4.69, 9.17) is 18.9 Å². The highest BCUT2D eigenvalue weighted by atomic mass is 16.6. The molecule has 1 aromatic rings. The van der Waals surface area contributed by atoms with E-state index in [-0.39, 0.29) is 13.2 Å². The molecule has 0 saturated heterocycles. The number of aliphatic hydroxyl groups is 1. The smallest absolute Gasteiger partial charge is 0.330 e. The number of hydrogen-bond donors (Lipinski definition) is 1. The highest BCUT2D eigenvalue weighted by Crippen LogP contribution is 2.27. The minimum atomic E-state index is -1.12. The fraction of sp³-hybridized carbons (Fsp3) is 0.304. The maximum atomic E-state index is 11.8. The Bertz CT molecular complexity index is 849. The van der Waals surface area contributed by atoms with Crippen LogP contribution in [0.4, 0.5) is 0 Å². The van der Waals surface area contributed by atoms with Gasteiger partial charge in [-0.15, -0.1) is 0 Å². The standard InChI is InChI=1S/C23H26O7/c1-27-20-11-8-18(14-21(20)28-2)10-13-23(26)30-16-19(24)15-29-22(25)12-9-17-6-4-3-5-7-17/h4,6-14,19,24H,3,5,15-16H2,1-2H3/b12-9+,13-10+. The summed E-state index contributed by atoms with van der Waals surface area (Å²) in [7, 11) is 3.06. The van der Waals surface area contributed by atoms with Gasteiger partial charge in [-0.2, -0.15) is 0 Å². The first-order chi connectivity index (χ1) is 14.5. The zero-order valence-corrected chi connectivity index (χ0v) is 17.1. The molecule has 1 aliphatic rings. The number of rotatable bonds is 10. The summed E-state index contributed by atoms with van der Waals surface area (Å²) in [5.41, 5.74) is 1.66. The van der Waals surface area contributed by atoms with Gasteiger partial charge in [0.2, 0.25) is 0 Å². The number of methoxy groups -OCH3 is 2. The summed E-state index contributed by atoms with van der Waals surface area (Å²) < 4.78 is 20.3. The Balaban J connectivity index is 1.71. The van der Waals surface area contributed by atoms with Gasteiger partial charge in [0.1, 0.15) is 19.3 Å². The Kier molecular flexibility index (Phi) is 9.40. The summed E-state index contributed by atoms with van der Waals surface area (Å²) in [6.07, 6.45) is 12.5. The Morgan fingerprint density at radius 2 is 1.67 bits per heavy atom. The molecule has 0 aromatic heterocycles. The molecule has 30 heavy (non-hydrogen) atoms. The molecule has 1 N–H and O–H groups in total. The molecule has 0 saturated carbocycles. The van der Waals surface area contributed by atoms with E-state index in [2.05, 4.69) is 0 Å². The summed E-state index contributed by atoms with van der Waals surface area (Å²) >= 11 is 0. The minimum absolute atomic E-state index is 0.273. The predicted octanol–water partition coefficient (Wildman–Crippen LogP) is 3.00. The molecule has 1 aromatic carbocycles. The van der Waals surface area contributed by atoms with E-state index in [1.54, 1.807) is 30.4 Å². The molecule has 0 spiro atoms. The van der Waals surface area contributed by atoms with Crippen LogP contribution in [0.1, 0.15) is 18.4 Å². The normalized spacial score (nSPS) is 14.4. The molecule has 7 nitrogen and oxygen atoms in total. The summed E-state index contributed by atoms with van der Waals surface area (Å²) in [5.74, 6) is -0.0912. The van der Waals surface area contributed by atoms with E-state index in [0.29, 0.717) is 17.1 Å². The van der Waals surface area contributed by atoms with Crippen molar-refractivity contribution >= 4 is 18.0 Å². The predicted molar refractivity (Wildman–Crippen MR) is 112 cm³/mol. The van der Waals surface area contributed by atoms with Crippen molar-refractivity contribution in [2.24, 2.45) is 0 Å². The van der Waals surface area contributed by atoms with Crippen molar-refractivity contribution in [2.45, 2.75) is 18.9 Å². The highest BCUT2D eigenvalue weighted by molar-refractivity contribution is 5.87. The number of hydrogen-bond acceptors (Lipinski definition) is 7. The molecule has 0 radical (unpaired) electrons. The van der Waals surface area contributed by atoms with E-state index in [1.165, 1.54) is 26.4 Å². The van der Waals surface area contributed by atoms with Crippen molar-refractivity contribution < 1.29 is 33.6 Å². The Morgan fingerprint density at radius 1 is 1.00 bits per heavy atom. The average molecular weight is 414 g/mol. The van der Waals surface area contributed by atoms with Gasteiger partial charge in [-0.25, -0.2) is 9.59 Å². The Labute approximate surface area is 175 Å². The molecular formula is C23H26O7. The number of allylic oxidation sites excluding steroid dienone is 5. The topological polar surface area (TPSA) is 91.3 Å².